The van der Waals surface area contributed by atoms with E-state index in [9.17, 15) is 13.2 Å². The van der Waals surface area contributed by atoms with Crippen LogP contribution in [0.3, 0.4) is 0 Å². The maximum absolute atomic E-state index is 12.4. The van der Waals surface area contributed by atoms with Gasteiger partial charge in [0.05, 0.1) is 5.56 Å². The summed E-state index contributed by atoms with van der Waals surface area (Å²) in [7, 11) is 1.68. The van der Waals surface area contributed by atoms with E-state index >= 15 is 0 Å². The minimum Gasteiger partial charge on any atom is -0.371 e. The van der Waals surface area contributed by atoms with Gasteiger partial charge in [-0.1, -0.05) is 12.1 Å². The van der Waals surface area contributed by atoms with Gasteiger partial charge < -0.3 is 5.32 Å². The minimum atomic E-state index is -4.33. The summed E-state index contributed by atoms with van der Waals surface area (Å²) in [5.74, 6) is 0.525. The Morgan fingerprint density at radius 3 is 2.17 bits per heavy atom. The van der Waals surface area contributed by atoms with Crippen LogP contribution < -0.4 is 5.32 Å². The van der Waals surface area contributed by atoms with E-state index in [0.29, 0.717) is 17.1 Å². The average molecular weight is 253 g/mol. The second kappa shape index (κ2) is 4.64. The van der Waals surface area contributed by atoms with E-state index in [-0.39, 0.29) is 0 Å². The van der Waals surface area contributed by atoms with Crippen molar-refractivity contribution in [3.8, 4) is 11.3 Å². The first-order valence-electron chi connectivity index (χ1n) is 5.19. The van der Waals surface area contributed by atoms with Crippen molar-refractivity contribution in [2.45, 2.75) is 6.18 Å². The van der Waals surface area contributed by atoms with Gasteiger partial charge in [0.1, 0.15) is 5.69 Å². The van der Waals surface area contributed by atoms with Crippen LogP contribution in [-0.2, 0) is 6.18 Å². The van der Waals surface area contributed by atoms with Gasteiger partial charge >= 0.3 is 6.18 Å². The van der Waals surface area contributed by atoms with Crippen molar-refractivity contribution in [2.24, 2.45) is 0 Å². The fourth-order valence-corrected chi connectivity index (χ4v) is 1.55. The largest absolute Gasteiger partial charge is 0.416 e. The van der Waals surface area contributed by atoms with Crippen molar-refractivity contribution in [1.82, 2.24) is 9.97 Å². The van der Waals surface area contributed by atoms with E-state index in [2.05, 4.69) is 15.3 Å². The summed E-state index contributed by atoms with van der Waals surface area (Å²) in [6.07, 6.45) is -1.32. The van der Waals surface area contributed by atoms with Gasteiger partial charge in [-0.25, -0.2) is 4.98 Å². The Morgan fingerprint density at radius 2 is 1.61 bits per heavy atom. The molecule has 0 spiro atoms. The monoisotopic (exact) mass is 253 g/mol. The topological polar surface area (TPSA) is 37.8 Å². The van der Waals surface area contributed by atoms with Crippen molar-refractivity contribution in [3.05, 3.63) is 42.2 Å². The van der Waals surface area contributed by atoms with Crippen molar-refractivity contribution in [2.75, 3.05) is 12.4 Å². The number of benzene rings is 1. The van der Waals surface area contributed by atoms with Crippen LogP contribution in [0, 0.1) is 0 Å². The number of nitrogens with one attached hydrogen (secondary N) is 1. The molecule has 0 bridgehead atoms. The third-order valence-corrected chi connectivity index (χ3v) is 2.42. The Morgan fingerprint density at radius 1 is 1.00 bits per heavy atom. The molecule has 1 aromatic carbocycles. The lowest BCUT2D eigenvalue weighted by Gasteiger charge is -2.09. The molecular formula is C12H10F3N3. The summed E-state index contributed by atoms with van der Waals surface area (Å²) < 4.78 is 37.3. The molecule has 1 aromatic heterocycles. The molecule has 0 saturated heterocycles. The van der Waals surface area contributed by atoms with E-state index < -0.39 is 11.7 Å². The van der Waals surface area contributed by atoms with Crippen LogP contribution in [0.15, 0.2) is 36.7 Å². The summed E-state index contributed by atoms with van der Waals surface area (Å²) in [6.45, 7) is 0. The Hall–Kier alpha value is -2.11. The lowest BCUT2D eigenvalue weighted by molar-refractivity contribution is -0.137. The molecule has 94 valence electrons. The molecule has 2 aromatic rings. The third-order valence-electron chi connectivity index (χ3n) is 2.42. The molecule has 1 heterocycles. The average Bonchev–Trinajstić information content (AvgIpc) is 2.38. The van der Waals surface area contributed by atoms with Crippen molar-refractivity contribution >= 4 is 5.82 Å². The van der Waals surface area contributed by atoms with E-state index in [1.165, 1.54) is 24.5 Å². The molecule has 2 rings (SSSR count). The Bertz CT molecular complexity index is 535. The number of halogens is 3. The molecule has 0 unspecified atom stereocenters. The van der Waals surface area contributed by atoms with Crippen molar-refractivity contribution in [1.29, 1.82) is 0 Å². The quantitative estimate of drug-likeness (QED) is 0.893. The summed E-state index contributed by atoms with van der Waals surface area (Å²) in [6, 6.07) is 4.83. The van der Waals surface area contributed by atoms with Gasteiger partial charge in [-0.2, -0.15) is 13.2 Å². The summed E-state index contributed by atoms with van der Waals surface area (Å²) in [4.78, 5) is 8.15. The molecule has 0 aliphatic heterocycles. The zero-order chi connectivity index (χ0) is 13.2. The van der Waals surface area contributed by atoms with Gasteiger partial charge in [-0.05, 0) is 12.1 Å². The SMILES string of the molecule is CNc1nccnc1-c1ccc(C(F)(F)F)cc1. The highest BCUT2D eigenvalue weighted by Gasteiger charge is 2.30. The number of nitrogens with zero attached hydrogens (tertiary/aromatic N) is 2. The lowest BCUT2D eigenvalue weighted by atomic mass is 10.1. The van der Waals surface area contributed by atoms with Gasteiger partial charge in [0, 0.05) is 25.0 Å². The normalized spacial score (nSPS) is 11.3. The second-order valence-corrected chi connectivity index (χ2v) is 3.58. The van der Waals surface area contributed by atoms with E-state index in [0.717, 1.165) is 12.1 Å². The zero-order valence-electron chi connectivity index (χ0n) is 9.49. The molecule has 0 amide bonds. The number of hydrogen-bond acceptors (Lipinski definition) is 3. The molecule has 3 nitrogen and oxygen atoms in total. The van der Waals surface area contributed by atoms with Crippen LogP contribution in [-0.4, -0.2) is 17.0 Å². The highest BCUT2D eigenvalue weighted by atomic mass is 19.4. The molecule has 0 saturated carbocycles. The summed E-state index contributed by atoms with van der Waals surface area (Å²) >= 11 is 0. The Labute approximate surface area is 102 Å². The van der Waals surface area contributed by atoms with Gasteiger partial charge in [0.15, 0.2) is 5.82 Å². The number of anilines is 1. The molecule has 0 aliphatic rings. The van der Waals surface area contributed by atoms with Crippen LogP contribution in [0.4, 0.5) is 19.0 Å². The molecule has 0 atom stereocenters. The summed E-state index contributed by atoms with van der Waals surface area (Å²) in [5.41, 5.74) is 0.426. The summed E-state index contributed by atoms with van der Waals surface area (Å²) in [5, 5.41) is 2.84. The van der Waals surface area contributed by atoms with E-state index in [1.54, 1.807) is 7.05 Å². The molecule has 1 N–H and O–H groups in total. The molecular weight excluding hydrogens is 243 g/mol. The maximum Gasteiger partial charge on any atom is 0.416 e. The van der Waals surface area contributed by atoms with Gasteiger partial charge in [0.2, 0.25) is 0 Å². The third kappa shape index (κ3) is 2.42. The van der Waals surface area contributed by atoms with Crippen molar-refractivity contribution < 1.29 is 13.2 Å². The van der Waals surface area contributed by atoms with E-state index in [4.69, 9.17) is 0 Å². The highest BCUT2D eigenvalue weighted by Crippen LogP contribution is 2.31. The fraction of sp³-hybridized carbons (Fsp3) is 0.167. The molecule has 0 aliphatic carbocycles. The Kier molecular flexibility index (Phi) is 3.18. The number of hydrogen-bond donors (Lipinski definition) is 1. The van der Waals surface area contributed by atoms with Gasteiger partial charge in [-0.3, -0.25) is 4.98 Å². The molecule has 0 fully saturated rings. The van der Waals surface area contributed by atoms with Crippen LogP contribution in [0.5, 0.6) is 0 Å². The lowest BCUT2D eigenvalue weighted by Crippen LogP contribution is -2.04. The van der Waals surface area contributed by atoms with Crippen LogP contribution >= 0.6 is 0 Å². The zero-order valence-corrected chi connectivity index (χ0v) is 9.49. The first-order valence-corrected chi connectivity index (χ1v) is 5.19. The smallest absolute Gasteiger partial charge is 0.371 e. The number of rotatable bonds is 2. The van der Waals surface area contributed by atoms with Crippen LogP contribution in [0.1, 0.15) is 5.56 Å². The maximum atomic E-state index is 12.4. The number of aromatic nitrogens is 2. The van der Waals surface area contributed by atoms with Crippen molar-refractivity contribution in [3.63, 3.8) is 0 Å². The van der Waals surface area contributed by atoms with Gasteiger partial charge in [-0.15, -0.1) is 0 Å². The molecule has 18 heavy (non-hydrogen) atoms. The Balaban J connectivity index is 2.41. The number of alkyl halides is 3. The van der Waals surface area contributed by atoms with Crippen LogP contribution in [0.25, 0.3) is 11.3 Å². The molecule has 6 heteroatoms. The fourth-order valence-electron chi connectivity index (χ4n) is 1.55. The first kappa shape index (κ1) is 12.3. The minimum absolute atomic E-state index is 0.522. The highest BCUT2D eigenvalue weighted by molar-refractivity contribution is 5.71. The van der Waals surface area contributed by atoms with E-state index in [1.807, 2.05) is 0 Å². The standard InChI is InChI=1S/C12H10F3N3/c1-16-11-10(17-6-7-18-11)8-2-4-9(5-3-8)12(13,14)15/h2-7H,1H3,(H,16,18). The van der Waals surface area contributed by atoms with Crippen LogP contribution in [0.2, 0.25) is 0 Å². The second-order valence-electron chi connectivity index (χ2n) is 3.58. The first-order chi connectivity index (χ1) is 8.52. The van der Waals surface area contributed by atoms with Gasteiger partial charge in [0.25, 0.3) is 0 Å². The predicted octanol–water partition coefficient (Wildman–Crippen LogP) is 3.20. The molecule has 0 radical (unpaired) electrons. The predicted molar refractivity (Wildman–Crippen MR) is 62.0 cm³/mol.